The quantitative estimate of drug-likeness (QED) is 0.358. The Kier molecular flexibility index (Phi) is 5.92. The van der Waals surface area contributed by atoms with Crippen LogP contribution in [0, 0.1) is 0 Å². The molecule has 0 aliphatic carbocycles. The Morgan fingerprint density at radius 1 is 0.773 bits per heavy atom. The van der Waals surface area contributed by atoms with Crippen molar-refractivity contribution in [2.75, 3.05) is 0 Å². The number of hydrogen-bond acceptors (Lipinski definition) is 1. The van der Waals surface area contributed by atoms with E-state index >= 15 is 0 Å². The minimum absolute atomic E-state index is 0.0413. The Hall–Kier alpha value is -0.160. The van der Waals surface area contributed by atoms with E-state index in [0.29, 0.717) is 0 Å². The summed E-state index contributed by atoms with van der Waals surface area (Å²) in [6, 6.07) is 3.99. The van der Waals surface area contributed by atoms with E-state index in [9.17, 15) is 8.78 Å². The highest BCUT2D eigenvalue weighted by molar-refractivity contribution is 6.56. The van der Waals surface area contributed by atoms with E-state index in [-0.39, 0.29) is 47.0 Å². The van der Waals surface area contributed by atoms with Gasteiger partial charge in [-0.05, 0) is 18.2 Å². The van der Waals surface area contributed by atoms with Gasteiger partial charge in [-0.25, -0.2) is 0 Å². The van der Waals surface area contributed by atoms with Crippen LogP contribution in [-0.4, -0.2) is 6.61 Å². The third-order valence-electron chi connectivity index (χ3n) is 2.64. The molecule has 0 bridgehead atoms. The van der Waals surface area contributed by atoms with Crippen LogP contribution >= 0.6 is 69.6 Å². The second-order valence-electron chi connectivity index (χ2n) is 3.96. The fraction of sp³-hybridized carbons (Fsp3) is 0.0769. The minimum Gasteiger partial charge on any atom is -0.434 e. The molecule has 0 aromatic heterocycles. The van der Waals surface area contributed by atoms with Gasteiger partial charge in [0.2, 0.25) is 0 Å². The molecule has 0 aliphatic heterocycles. The molecule has 0 fully saturated rings. The van der Waals surface area contributed by atoms with Crippen molar-refractivity contribution in [1.29, 1.82) is 0 Å². The normalized spacial score (nSPS) is 11.1. The smallest absolute Gasteiger partial charge is 0.387 e. The Labute approximate surface area is 154 Å². The van der Waals surface area contributed by atoms with Crippen molar-refractivity contribution >= 4 is 69.6 Å². The Bertz CT molecular complexity index is 706. The van der Waals surface area contributed by atoms with E-state index < -0.39 is 6.61 Å². The Morgan fingerprint density at radius 3 is 1.77 bits per heavy atom. The van der Waals surface area contributed by atoms with Crippen LogP contribution in [0.3, 0.4) is 0 Å². The molecule has 0 saturated carbocycles. The predicted octanol–water partition coefficient (Wildman–Crippen LogP) is 7.88. The zero-order valence-electron chi connectivity index (χ0n) is 10.2. The van der Waals surface area contributed by atoms with Crippen LogP contribution in [0.15, 0.2) is 18.2 Å². The van der Waals surface area contributed by atoms with E-state index in [1.165, 1.54) is 18.2 Å². The monoisotopic (exact) mass is 424 g/mol. The van der Waals surface area contributed by atoms with Gasteiger partial charge in [0.05, 0.1) is 25.1 Å². The van der Waals surface area contributed by atoms with Crippen LogP contribution in [0.4, 0.5) is 8.78 Å². The van der Waals surface area contributed by atoms with Crippen LogP contribution in [-0.2, 0) is 0 Å². The van der Waals surface area contributed by atoms with Crippen molar-refractivity contribution in [2.24, 2.45) is 0 Å². The molecule has 0 aliphatic rings. The average molecular weight is 427 g/mol. The molecule has 9 heteroatoms. The molecule has 0 N–H and O–H groups in total. The second-order valence-corrected chi connectivity index (χ2v) is 6.29. The number of rotatable bonds is 3. The summed E-state index contributed by atoms with van der Waals surface area (Å²) < 4.78 is 29.5. The minimum atomic E-state index is -3.05. The molecule has 0 amide bonds. The summed E-state index contributed by atoms with van der Waals surface area (Å²) in [5.74, 6) is -0.183. The largest absolute Gasteiger partial charge is 0.434 e. The van der Waals surface area contributed by atoms with E-state index in [2.05, 4.69) is 4.74 Å². The van der Waals surface area contributed by atoms with E-state index in [4.69, 9.17) is 69.6 Å². The number of alkyl halides is 2. The summed E-state index contributed by atoms with van der Waals surface area (Å²) in [7, 11) is 0. The maximum absolute atomic E-state index is 12.5. The molecule has 22 heavy (non-hydrogen) atoms. The van der Waals surface area contributed by atoms with Gasteiger partial charge in [-0.15, -0.1) is 0 Å². The lowest BCUT2D eigenvalue weighted by molar-refractivity contribution is -0.0494. The number of hydrogen-bond donors (Lipinski definition) is 0. The topological polar surface area (TPSA) is 9.23 Å². The molecule has 0 saturated heterocycles. The van der Waals surface area contributed by atoms with Crippen LogP contribution in [0.2, 0.25) is 30.1 Å². The first-order valence-electron chi connectivity index (χ1n) is 5.50. The van der Waals surface area contributed by atoms with Gasteiger partial charge >= 0.3 is 6.61 Å². The Balaban J connectivity index is 2.79. The third-order valence-corrected chi connectivity index (χ3v) is 5.15. The van der Waals surface area contributed by atoms with E-state index in [1.54, 1.807) is 0 Å². The van der Waals surface area contributed by atoms with Crippen molar-refractivity contribution in [3.8, 4) is 16.9 Å². The van der Waals surface area contributed by atoms with Crippen molar-refractivity contribution in [3.05, 3.63) is 48.3 Å². The van der Waals surface area contributed by atoms with Gasteiger partial charge in [0.1, 0.15) is 5.75 Å². The first-order valence-corrected chi connectivity index (χ1v) is 7.77. The maximum Gasteiger partial charge on any atom is 0.387 e. The van der Waals surface area contributed by atoms with Gasteiger partial charge in [0.25, 0.3) is 0 Å². The standard InChI is InChI=1S/C13H4Cl6F2O/c14-4-1-2-6(22-13(20)21)5(3-4)7-8(15)10(17)12(19)11(18)9(7)16/h1-3,13H. The van der Waals surface area contributed by atoms with Gasteiger partial charge in [-0.3, -0.25) is 0 Å². The highest BCUT2D eigenvalue weighted by atomic mass is 35.5. The molecule has 118 valence electrons. The lowest BCUT2D eigenvalue weighted by Gasteiger charge is -2.16. The van der Waals surface area contributed by atoms with E-state index in [1.807, 2.05) is 0 Å². The summed E-state index contributed by atoms with van der Waals surface area (Å²) in [6.07, 6.45) is 0. The van der Waals surface area contributed by atoms with Crippen molar-refractivity contribution in [2.45, 2.75) is 6.61 Å². The predicted molar refractivity (Wildman–Crippen MR) is 88.6 cm³/mol. The van der Waals surface area contributed by atoms with Crippen molar-refractivity contribution in [1.82, 2.24) is 0 Å². The molecule has 0 atom stereocenters. The summed E-state index contributed by atoms with van der Waals surface area (Å²) in [4.78, 5) is 0. The van der Waals surface area contributed by atoms with Crippen LogP contribution in [0.5, 0.6) is 5.75 Å². The molecule has 2 aromatic rings. The second kappa shape index (κ2) is 7.16. The zero-order valence-corrected chi connectivity index (χ0v) is 14.8. The van der Waals surface area contributed by atoms with Crippen molar-refractivity contribution in [3.63, 3.8) is 0 Å². The molecular weight excluding hydrogens is 423 g/mol. The fourth-order valence-electron chi connectivity index (χ4n) is 1.74. The van der Waals surface area contributed by atoms with Gasteiger partial charge in [0.15, 0.2) is 0 Å². The lowest BCUT2D eigenvalue weighted by Crippen LogP contribution is -2.03. The summed E-state index contributed by atoms with van der Waals surface area (Å²) in [5, 5.41) is -0.0114. The number of halogens is 8. The molecule has 0 radical (unpaired) electrons. The highest BCUT2D eigenvalue weighted by Gasteiger charge is 2.23. The number of ether oxygens (including phenoxy) is 1. The maximum atomic E-state index is 12.5. The number of benzene rings is 2. The summed E-state index contributed by atoms with van der Waals surface area (Å²) in [5.41, 5.74) is 0.212. The van der Waals surface area contributed by atoms with Crippen LogP contribution in [0.1, 0.15) is 0 Å². The third kappa shape index (κ3) is 3.50. The zero-order chi connectivity index (χ0) is 16.6. The summed E-state index contributed by atoms with van der Waals surface area (Å²) >= 11 is 36.0. The molecule has 2 rings (SSSR count). The molecular formula is C13H4Cl6F2O. The van der Waals surface area contributed by atoms with Crippen molar-refractivity contribution < 1.29 is 13.5 Å². The molecule has 0 heterocycles. The molecule has 2 aromatic carbocycles. The van der Waals surface area contributed by atoms with Gasteiger partial charge in [-0.2, -0.15) is 8.78 Å². The highest BCUT2D eigenvalue weighted by Crippen LogP contribution is 2.50. The lowest BCUT2D eigenvalue weighted by atomic mass is 10.0. The average Bonchev–Trinajstić information content (AvgIpc) is 2.45. The first kappa shape index (κ1) is 18.2. The first-order chi connectivity index (χ1) is 10.2. The van der Waals surface area contributed by atoms with Gasteiger partial charge < -0.3 is 4.74 Å². The molecule has 1 nitrogen and oxygen atoms in total. The fourth-order valence-corrected chi connectivity index (χ4v) is 3.25. The molecule has 0 spiro atoms. The van der Waals surface area contributed by atoms with Crippen LogP contribution in [0.25, 0.3) is 11.1 Å². The van der Waals surface area contributed by atoms with Gasteiger partial charge in [-0.1, -0.05) is 69.6 Å². The SMILES string of the molecule is FC(F)Oc1ccc(Cl)cc1-c1c(Cl)c(Cl)c(Cl)c(Cl)c1Cl. The van der Waals surface area contributed by atoms with E-state index in [0.717, 1.165) is 0 Å². The molecule has 0 unspecified atom stereocenters. The van der Waals surface area contributed by atoms with Crippen LogP contribution < -0.4 is 4.74 Å². The Morgan fingerprint density at radius 2 is 1.27 bits per heavy atom. The summed E-state index contributed by atoms with van der Waals surface area (Å²) in [6.45, 7) is -3.05. The van der Waals surface area contributed by atoms with Gasteiger partial charge in [0, 0.05) is 16.1 Å².